The first-order chi connectivity index (χ1) is 15.8. The van der Waals surface area contributed by atoms with E-state index in [2.05, 4.69) is 4.74 Å². The van der Waals surface area contributed by atoms with Crippen LogP contribution >= 0.6 is 0 Å². The lowest BCUT2D eigenvalue weighted by Crippen LogP contribution is -2.44. The van der Waals surface area contributed by atoms with Crippen molar-refractivity contribution < 1.29 is 28.9 Å². The van der Waals surface area contributed by atoms with Crippen LogP contribution in [0.4, 0.5) is 4.79 Å². The van der Waals surface area contributed by atoms with E-state index < -0.39 is 17.7 Å². The molecule has 0 radical (unpaired) electrons. The highest BCUT2D eigenvalue weighted by atomic mass is 16.7. The molecule has 0 aliphatic carbocycles. The van der Waals surface area contributed by atoms with Gasteiger partial charge in [-0.25, -0.2) is 14.6 Å². The number of hydrogen-bond acceptors (Lipinski definition) is 8. The number of esters is 1. The Kier molecular flexibility index (Phi) is 4.75. The summed E-state index contributed by atoms with van der Waals surface area (Å²) in [6, 6.07) is 6.79. The maximum atomic E-state index is 13.3. The highest BCUT2D eigenvalue weighted by Gasteiger charge is 2.45. The van der Waals surface area contributed by atoms with Gasteiger partial charge in [0.1, 0.15) is 12.4 Å². The molecule has 9 heteroatoms. The van der Waals surface area contributed by atoms with Gasteiger partial charge in [0.15, 0.2) is 5.60 Å². The summed E-state index contributed by atoms with van der Waals surface area (Å²) in [5, 5.41) is 11.8. The van der Waals surface area contributed by atoms with E-state index >= 15 is 0 Å². The molecule has 2 aliphatic rings. The standard InChI is InChI=1S/C24H22N2O7/c1-4-13-14-8-12(33-23(29)31-3)6-7-18(14)25-20-15(13)10-26-19(20)9-17-16(21(26)27)11-32-22(28)24(17,30)5-2/h6-9,30H,4-5,10-11H2,1-3H3/t24-/m0/s1. The van der Waals surface area contributed by atoms with Crippen LogP contribution < -0.4 is 10.3 Å². The lowest BCUT2D eigenvalue weighted by molar-refractivity contribution is -0.172. The third-order valence-electron chi connectivity index (χ3n) is 6.50. The van der Waals surface area contributed by atoms with Gasteiger partial charge in [0.2, 0.25) is 0 Å². The zero-order valence-electron chi connectivity index (χ0n) is 18.4. The van der Waals surface area contributed by atoms with Crippen LogP contribution in [0.1, 0.15) is 42.5 Å². The molecular weight excluding hydrogens is 428 g/mol. The molecule has 0 fully saturated rings. The van der Waals surface area contributed by atoms with Gasteiger partial charge in [0, 0.05) is 16.5 Å². The van der Waals surface area contributed by atoms with Crippen molar-refractivity contribution in [3.05, 3.63) is 56.9 Å². The Bertz CT molecular complexity index is 1410. The Balaban J connectivity index is 1.73. The lowest BCUT2D eigenvalue weighted by atomic mass is 9.86. The highest BCUT2D eigenvalue weighted by Crippen LogP contribution is 2.40. The normalized spacial score (nSPS) is 18.4. The molecule has 33 heavy (non-hydrogen) atoms. The number of carbonyl (C=O) groups is 2. The van der Waals surface area contributed by atoms with Gasteiger partial charge in [0.05, 0.1) is 36.1 Å². The first-order valence-corrected chi connectivity index (χ1v) is 10.7. The fourth-order valence-corrected chi connectivity index (χ4v) is 4.75. The topological polar surface area (TPSA) is 117 Å². The quantitative estimate of drug-likeness (QED) is 0.374. The largest absolute Gasteiger partial charge is 0.513 e. The highest BCUT2D eigenvalue weighted by molar-refractivity contribution is 5.90. The molecule has 2 aliphatic heterocycles. The van der Waals surface area contributed by atoms with Crippen molar-refractivity contribution in [1.82, 2.24) is 9.55 Å². The number of ether oxygens (including phenoxy) is 3. The molecule has 0 amide bonds. The Hall–Kier alpha value is -3.72. The number of cyclic esters (lactones) is 1. The first kappa shape index (κ1) is 21.1. The molecule has 2 aromatic heterocycles. The molecule has 1 N–H and O–H groups in total. The molecule has 0 saturated carbocycles. The van der Waals surface area contributed by atoms with Gasteiger partial charge >= 0.3 is 12.1 Å². The van der Waals surface area contributed by atoms with Crippen molar-refractivity contribution in [3.63, 3.8) is 0 Å². The predicted octanol–water partition coefficient (Wildman–Crippen LogP) is 2.79. The van der Waals surface area contributed by atoms with E-state index in [-0.39, 0.29) is 29.7 Å². The van der Waals surface area contributed by atoms with Gasteiger partial charge in [-0.15, -0.1) is 0 Å². The van der Waals surface area contributed by atoms with E-state index in [1.807, 2.05) is 6.92 Å². The van der Waals surface area contributed by atoms with Gasteiger partial charge < -0.3 is 23.9 Å². The molecule has 1 atom stereocenters. The van der Waals surface area contributed by atoms with Crippen LogP contribution in [0, 0.1) is 0 Å². The monoisotopic (exact) mass is 450 g/mol. The van der Waals surface area contributed by atoms with Crippen molar-refractivity contribution in [1.29, 1.82) is 0 Å². The number of aromatic nitrogens is 2. The van der Waals surface area contributed by atoms with Crippen LogP contribution in [0.25, 0.3) is 22.3 Å². The molecule has 5 rings (SSSR count). The number of benzene rings is 1. The maximum Gasteiger partial charge on any atom is 0.513 e. The minimum absolute atomic E-state index is 0.0862. The number of pyridine rings is 2. The van der Waals surface area contributed by atoms with Crippen molar-refractivity contribution >= 4 is 23.0 Å². The smallest absolute Gasteiger partial charge is 0.458 e. The number of aryl methyl sites for hydroxylation is 1. The third-order valence-corrected chi connectivity index (χ3v) is 6.50. The number of rotatable bonds is 3. The summed E-state index contributed by atoms with van der Waals surface area (Å²) in [6.07, 6.45) is -0.0687. The van der Waals surface area contributed by atoms with Crippen molar-refractivity contribution in [2.45, 2.75) is 45.4 Å². The van der Waals surface area contributed by atoms with E-state index in [1.54, 1.807) is 35.8 Å². The number of hydrogen-bond donors (Lipinski definition) is 1. The first-order valence-electron chi connectivity index (χ1n) is 10.7. The lowest BCUT2D eigenvalue weighted by Gasteiger charge is -2.31. The molecule has 0 bridgehead atoms. The number of carbonyl (C=O) groups excluding carboxylic acids is 2. The Morgan fingerprint density at radius 1 is 1.24 bits per heavy atom. The second-order valence-electron chi connectivity index (χ2n) is 8.11. The third kappa shape index (κ3) is 2.96. The Morgan fingerprint density at radius 2 is 2.03 bits per heavy atom. The number of nitrogens with zero attached hydrogens (tertiary/aromatic N) is 2. The van der Waals surface area contributed by atoms with Crippen molar-refractivity contribution in [2.75, 3.05) is 7.11 Å². The maximum absolute atomic E-state index is 13.3. The molecule has 1 aromatic carbocycles. The second kappa shape index (κ2) is 7.41. The number of aliphatic hydroxyl groups is 1. The summed E-state index contributed by atoms with van der Waals surface area (Å²) in [7, 11) is 1.24. The van der Waals surface area contributed by atoms with Gasteiger partial charge in [-0.1, -0.05) is 13.8 Å². The molecule has 3 aromatic rings. The summed E-state index contributed by atoms with van der Waals surface area (Å²) < 4.78 is 16.5. The fourth-order valence-electron chi connectivity index (χ4n) is 4.75. The molecule has 9 nitrogen and oxygen atoms in total. The summed E-state index contributed by atoms with van der Waals surface area (Å²) in [6.45, 7) is 3.81. The van der Waals surface area contributed by atoms with E-state index in [0.717, 1.165) is 16.5 Å². The average molecular weight is 450 g/mol. The summed E-state index contributed by atoms with van der Waals surface area (Å²) >= 11 is 0. The number of methoxy groups -OCH3 is 1. The van der Waals surface area contributed by atoms with Crippen molar-refractivity contribution in [3.8, 4) is 17.1 Å². The van der Waals surface area contributed by atoms with Gasteiger partial charge in [-0.3, -0.25) is 4.79 Å². The van der Waals surface area contributed by atoms with Crippen LogP contribution in [0.5, 0.6) is 5.75 Å². The molecule has 0 saturated heterocycles. The Labute approximate surface area is 188 Å². The van der Waals surface area contributed by atoms with E-state index in [4.69, 9.17) is 14.5 Å². The van der Waals surface area contributed by atoms with Crippen molar-refractivity contribution in [2.24, 2.45) is 0 Å². The molecule has 170 valence electrons. The molecular formula is C24H22N2O7. The van der Waals surface area contributed by atoms with Gasteiger partial charge in [-0.05, 0) is 42.7 Å². The SMILES string of the molecule is CCc1c2c(nc3ccc(OC(=O)OC)cc13)-c1cc3c(c(=O)n1C2)COC(=O)[C@]3(O)CC. The van der Waals surface area contributed by atoms with Crippen LogP contribution in [-0.4, -0.2) is 33.9 Å². The number of fused-ring (bicyclic) bond motifs is 5. The zero-order valence-corrected chi connectivity index (χ0v) is 18.4. The van der Waals surface area contributed by atoms with Crippen LogP contribution in [-0.2, 0) is 39.4 Å². The molecule has 0 spiro atoms. The predicted molar refractivity (Wildman–Crippen MR) is 117 cm³/mol. The van der Waals surface area contributed by atoms with E-state index in [9.17, 15) is 19.5 Å². The van der Waals surface area contributed by atoms with Crippen LogP contribution in [0.15, 0.2) is 29.1 Å². The van der Waals surface area contributed by atoms with Gasteiger partial charge in [-0.2, -0.15) is 0 Å². The van der Waals surface area contributed by atoms with Gasteiger partial charge in [0.25, 0.3) is 5.56 Å². The molecule has 0 unspecified atom stereocenters. The van der Waals surface area contributed by atoms with Crippen LogP contribution in [0.3, 0.4) is 0 Å². The second-order valence-corrected chi connectivity index (χ2v) is 8.11. The summed E-state index contributed by atoms with van der Waals surface area (Å²) in [5.74, 6) is -0.420. The van der Waals surface area contributed by atoms with E-state index in [0.29, 0.717) is 35.6 Å². The minimum atomic E-state index is -1.87. The minimum Gasteiger partial charge on any atom is -0.458 e. The summed E-state index contributed by atoms with van der Waals surface area (Å²) in [4.78, 5) is 42.0. The fraction of sp³-hybridized carbons (Fsp3) is 0.333. The van der Waals surface area contributed by atoms with Crippen LogP contribution in [0.2, 0.25) is 0 Å². The Morgan fingerprint density at radius 3 is 2.73 bits per heavy atom. The molecule has 4 heterocycles. The summed E-state index contributed by atoms with van der Waals surface area (Å²) in [5.41, 5.74) is 2.12. The average Bonchev–Trinajstić information content (AvgIpc) is 3.18. The zero-order chi connectivity index (χ0) is 23.5. The van der Waals surface area contributed by atoms with E-state index in [1.165, 1.54) is 7.11 Å².